The summed E-state index contributed by atoms with van der Waals surface area (Å²) in [5.41, 5.74) is -0.427. The molecule has 2 aromatic carbocycles. The highest BCUT2D eigenvalue weighted by Crippen LogP contribution is 2.31. The molecule has 0 aliphatic carbocycles. The first kappa shape index (κ1) is 13.7. The first-order chi connectivity index (χ1) is 9.93. The van der Waals surface area contributed by atoms with Crippen LogP contribution >= 0.6 is 0 Å². The minimum absolute atomic E-state index is 0.482. The Morgan fingerprint density at radius 1 is 0.810 bits per heavy atom. The molecule has 1 heterocycles. The average Bonchev–Trinajstić information content (AvgIpc) is 2.80. The van der Waals surface area contributed by atoms with Crippen molar-refractivity contribution in [3.05, 3.63) is 64.9 Å². The molecule has 3 rings (SSSR count). The third-order valence-electron chi connectivity index (χ3n) is 3.58. The van der Waals surface area contributed by atoms with Crippen molar-refractivity contribution in [1.29, 1.82) is 0 Å². The van der Waals surface area contributed by atoms with Gasteiger partial charge < -0.3 is 4.57 Å². The van der Waals surface area contributed by atoms with Crippen LogP contribution in [0.5, 0.6) is 0 Å². The van der Waals surface area contributed by atoms with Crippen molar-refractivity contribution in [2.75, 3.05) is 0 Å². The molecule has 0 aliphatic heterocycles. The van der Waals surface area contributed by atoms with Crippen LogP contribution in [0.4, 0.5) is 17.6 Å². The molecule has 0 saturated carbocycles. The molecule has 108 valence electrons. The van der Waals surface area contributed by atoms with Gasteiger partial charge in [-0.2, -0.15) is 0 Å². The predicted octanol–water partition coefficient (Wildman–Crippen LogP) is 4.80. The second-order valence-corrected chi connectivity index (χ2v) is 4.91. The molecule has 0 unspecified atom stereocenters. The summed E-state index contributed by atoms with van der Waals surface area (Å²) >= 11 is 0. The quantitative estimate of drug-likeness (QED) is 0.448. The number of hydrogen-bond acceptors (Lipinski definition) is 0. The van der Waals surface area contributed by atoms with Crippen LogP contribution in [0.2, 0.25) is 0 Å². The lowest BCUT2D eigenvalue weighted by Gasteiger charge is -2.13. The van der Waals surface area contributed by atoms with Crippen molar-refractivity contribution in [1.82, 2.24) is 4.57 Å². The van der Waals surface area contributed by atoms with E-state index in [1.54, 1.807) is 37.3 Å². The van der Waals surface area contributed by atoms with E-state index in [4.69, 9.17) is 0 Å². The van der Waals surface area contributed by atoms with Gasteiger partial charge in [0, 0.05) is 16.6 Å². The second kappa shape index (κ2) is 4.62. The Morgan fingerprint density at radius 2 is 1.38 bits per heavy atom. The number of aromatic nitrogens is 1. The number of rotatable bonds is 1. The van der Waals surface area contributed by atoms with Crippen LogP contribution in [-0.2, 0) is 0 Å². The SMILES string of the molecule is Cc1c(F)c(F)c(-n2c(C)cc3ccccc32)c(F)c1F. The number of benzene rings is 2. The van der Waals surface area contributed by atoms with Gasteiger partial charge in [-0.25, -0.2) is 17.6 Å². The van der Waals surface area contributed by atoms with Crippen LogP contribution in [0.3, 0.4) is 0 Å². The number of halogens is 4. The molecule has 1 aromatic heterocycles. The van der Waals surface area contributed by atoms with Crippen molar-refractivity contribution < 1.29 is 17.6 Å². The van der Waals surface area contributed by atoms with Gasteiger partial charge in [0.25, 0.3) is 0 Å². The Morgan fingerprint density at radius 3 is 2.00 bits per heavy atom. The zero-order valence-corrected chi connectivity index (χ0v) is 11.3. The fourth-order valence-electron chi connectivity index (χ4n) is 2.52. The first-order valence-corrected chi connectivity index (χ1v) is 6.33. The van der Waals surface area contributed by atoms with Crippen LogP contribution < -0.4 is 0 Å². The molecule has 21 heavy (non-hydrogen) atoms. The normalized spacial score (nSPS) is 11.3. The molecular weight excluding hydrogens is 282 g/mol. The fourth-order valence-corrected chi connectivity index (χ4v) is 2.52. The highest BCUT2D eigenvalue weighted by Gasteiger charge is 2.25. The van der Waals surface area contributed by atoms with Gasteiger partial charge in [-0.1, -0.05) is 18.2 Å². The van der Waals surface area contributed by atoms with Gasteiger partial charge in [-0.3, -0.25) is 0 Å². The van der Waals surface area contributed by atoms with E-state index in [1.165, 1.54) is 4.57 Å². The zero-order chi connectivity index (χ0) is 15.3. The summed E-state index contributed by atoms with van der Waals surface area (Å²) in [6.45, 7) is 2.62. The summed E-state index contributed by atoms with van der Waals surface area (Å²) < 4.78 is 57.1. The smallest absolute Gasteiger partial charge is 0.186 e. The zero-order valence-electron chi connectivity index (χ0n) is 11.3. The minimum Gasteiger partial charge on any atom is -0.309 e. The molecule has 0 atom stereocenters. The van der Waals surface area contributed by atoms with Crippen LogP contribution in [0, 0.1) is 37.1 Å². The number of aryl methyl sites for hydroxylation is 1. The van der Waals surface area contributed by atoms with E-state index in [-0.39, 0.29) is 0 Å². The summed E-state index contributed by atoms with van der Waals surface area (Å²) in [4.78, 5) is 0. The molecular formula is C16H11F4N. The number of para-hydroxylation sites is 1. The number of fused-ring (bicyclic) bond motifs is 1. The molecule has 3 aromatic rings. The molecule has 0 aliphatic rings. The maximum Gasteiger partial charge on any atom is 0.186 e. The van der Waals surface area contributed by atoms with E-state index in [0.717, 1.165) is 12.3 Å². The van der Waals surface area contributed by atoms with Gasteiger partial charge >= 0.3 is 0 Å². The average molecular weight is 293 g/mol. The summed E-state index contributed by atoms with van der Waals surface area (Å²) in [5, 5.41) is 0.732. The number of nitrogens with zero attached hydrogens (tertiary/aromatic N) is 1. The van der Waals surface area contributed by atoms with E-state index >= 15 is 0 Å². The highest BCUT2D eigenvalue weighted by molar-refractivity contribution is 5.83. The number of hydrogen-bond donors (Lipinski definition) is 0. The maximum atomic E-state index is 14.2. The molecule has 0 N–H and O–H groups in total. The van der Waals surface area contributed by atoms with Crippen LogP contribution in [-0.4, -0.2) is 4.57 Å². The Labute approximate surface area is 118 Å². The molecule has 0 amide bonds. The third-order valence-corrected chi connectivity index (χ3v) is 3.58. The lowest BCUT2D eigenvalue weighted by Crippen LogP contribution is -2.09. The fraction of sp³-hybridized carbons (Fsp3) is 0.125. The second-order valence-electron chi connectivity index (χ2n) is 4.91. The molecule has 0 saturated heterocycles. The van der Waals surface area contributed by atoms with E-state index < -0.39 is 34.5 Å². The van der Waals surface area contributed by atoms with Crippen LogP contribution in [0.25, 0.3) is 16.6 Å². The molecule has 0 radical (unpaired) electrons. The highest BCUT2D eigenvalue weighted by atomic mass is 19.2. The van der Waals surface area contributed by atoms with Crippen LogP contribution in [0.1, 0.15) is 11.3 Å². The lowest BCUT2D eigenvalue weighted by molar-refractivity contribution is 0.440. The largest absolute Gasteiger partial charge is 0.309 e. The van der Waals surface area contributed by atoms with Crippen molar-refractivity contribution in [3.63, 3.8) is 0 Å². The molecule has 0 spiro atoms. The summed E-state index contributed by atoms with van der Waals surface area (Å²) in [5.74, 6) is -5.53. The van der Waals surface area contributed by atoms with Gasteiger partial charge in [-0.05, 0) is 26.0 Å². The summed E-state index contributed by atoms with van der Waals surface area (Å²) in [6, 6.07) is 8.56. The Hall–Kier alpha value is -2.30. The van der Waals surface area contributed by atoms with Crippen molar-refractivity contribution in [3.8, 4) is 5.69 Å². The molecule has 0 fully saturated rings. The topological polar surface area (TPSA) is 4.93 Å². The summed E-state index contributed by atoms with van der Waals surface area (Å²) in [7, 11) is 0. The van der Waals surface area contributed by atoms with E-state index in [2.05, 4.69) is 0 Å². The lowest BCUT2D eigenvalue weighted by atomic mass is 10.1. The van der Waals surface area contributed by atoms with Gasteiger partial charge in [0.1, 0.15) is 5.69 Å². The predicted molar refractivity (Wildman–Crippen MR) is 72.6 cm³/mol. The Bertz CT molecular complexity index is 835. The Kier molecular flexibility index (Phi) is 3.01. The maximum absolute atomic E-state index is 14.2. The van der Waals surface area contributed by atoms with Crippen molar-refractivity contribution in [2.24, 2.45) is 0 Å². The third kappa shape index (κ3) is 1.84. The standard InChI is InChI=1S/C16H11F4N/c1-8-7-10-5-3-4-6-11(10)21(8)16-14(19)12(17)9(2)13(18)15(16)20/h3-7H,1-2H3. The van der Waals surface area contributed by atoms with E-state index in [9.17, 15) is 17.6 Å². The van der Waals surface area contributed by atoms with Crippen molar-refractivity contribution in [2.45, 2.75) is 13.8 Å². The van der Waals surface area contributed by atoms with E-state index in [1.807, 2.05) is 0 Å². The van der Waals surface area contributed by atoms with Gasteiger partial charge in [-0.15, -0.1) is 0 Å². The van der Waals surface area contributed by atoms with Gasteiger partial charge in [0.05, 0.1) is 5.52 Å². The van der Waals surface area contributed by atoms with Gasteiger partial charge in [0.2, 0.25) is 0 Å². The van der Waals surface area contributed by atoms with Crippen LogP contribution in [0.15, 0.2) is 30.3 Å². The van der Waals surface area contributed by atoms with Crippen molar-refractivity contribution >= 4 is 10.9 Å². The molecule has 5 heteroatoms. The minimum atomic E-state index is -1.39. The monoisotopic (exact) mass is 293 g/mol. The Balaban J connectivity index is 2.47. The van der Waals surface area contributed by atoms with Gasteiger partial charge in [0.15, 0.2) is 23.3 Å². The molecule has 1 nitrogen and oxygen atoms in total. The van der Waals surface area contributed by atoms with E-state index in [0.29, 0.717) is 11.2 Å². The molecule has 0 bridgehead atoms. The first-order valence-electron chi connectivity index (χ1n) is 6.33. The summed E-state index contributed by atoms with van der Waals surface area (Å²) in [6.07, 6.45) is 0.